The number of hydrogen-bond acceptors (Lipinski definition) is 1. The topological polar surface area (TPSA) is 20.3 Å². The van der Waals surface area contributed by atoms with E-state index in [1.807, 2.05) is 35.2 Å². The van der Waals surface area contributed by atoms with Crippen LogP contribution >= 0.6 is 0 Å². The molecule has 24 heavy (non-hydrogen) atoms. The fraction of sp³-hybridized carbons (Fsp3) is 0.227. The fourth-order valence-corrected chi connectivity index (χ4v) is 3.73. The third kappa shape index (κ3) is 2.39. The molecule has 3 aromatic rings. The molecular weight excluding hydrogens is 294 g/mol. The number of hydrogen-bond donors (Lipinski definition) is 0. The molecule has 0 radical (unpaired) electrons. The zero-order valence-electron chi connectivity index (χ0n) is 14.1. The number of amides is 1. The minimum atomic E-state index is -0.204. The highest BCUT2D eigenvalue weighted by molar-refractivity contribution is 5.95. The fourth-order valence-electron chi connectivity index (χ4n) is 3.73. The molecule has 0 saturated carbocycles. The normalized spacial score (nSPS) is 16.0. The van der Waals surface area contributed by atoms with E-state index in [9.17, 15) is 4.79 Å². The van der Waals surface area contributed by atoms with Crippen molar-refractivity contribution in [3.05, 3.63) is 83.4 Å². The molecule has 1 heterocycles. The molecule has 2 heteroatoms. The Balaban J connectivity index is 1.78. The van der Waals surface area contributed by atoms with Crippen LogP contribution in [0.3, 0.4) is 0 Å². The van der Waals surface area contributed by atoms with Crippen LogP contribution in [0.1, 0.15) is 35.3 Å². The summed E-state index contributed by atoms with van der Waals surface area (Å²) < 4.78 is 0. The van der Waals surface area contributed by atoms with Crippen molar-refractivity contribution in [1.82, 2.24) is 4.90 Å². The first kappa shape index (κ1) is 14.9. The number of fused-ring (bicyclic) bond motifs is 3. The van der Waals surface area contributed by atoms with Crippen LogP contribution < -0.4 is 0 Å². The summed E-state index contributed by atoms with van der Waals surface area (Å²) in [5.74, 6) is 0.111. The molecule has 1 aliphatic heterocycles. The van der Waals surface area contributed by atoms with Crippen LogP contribution in [-0.4, -0.2) is 16.3 Å². The summed E-state index contributed by atoms with van der Waals surface area (Å²) in [4.78, 5) is 15.0. The second-order valence-electron chi connectivity index (χ2n) is 7.17. The lowest BCUT2D eigenvalue weighted by atomic mass is 9.82. The first-order valence-electron chi connectivity index (χ1n) is 8.43. The van der Waals surface area contributed by atoms with Crippen molar-refractivity contribution in [2.75, 3.05) is 0 Å². The maximum Gasteiger partial charge on any atom is 0.254 e. The second-order valence-corrected chi connectivity index (χ2v) is 7.17. The van der Waals surface area contributed by atoms with Gasteiger partial charge in [0.1, 0.15) is 0 Å². The van der Waals surface area contributed by atoms with Gasteiger partial charge in [-0.15, -0.1) is 0 Å². The molecule has 0 fully saturated rings. The van der Waals surface area contributed by atoms with E-state index in [0.29, 0.717) is 6.54 Å². The monoisotopic (exact) mass is 315 g/mol. The van der Waals surface area contributed by atoms with E-state index in [1.165, 1.54) is 21.9 Å². The van der Waals surface area contributed by atoms with Crippen LogP contribution in [0, 0.1) is 0 Å². The minimum Gasteiger partial charge on any atom is -0.329 e. The molecule has 4 rings (SSSR count). The predicted octanol–water partition coefficient (Wildman–Crippen LogP) is 4.82. The largest absolute Gasteiger partial charge is 0.329 e. The Labute approximate surface area is 142 Å². The van der Waals surface area contributed by atoms with Crippen LogP contribution in [-0.2, 0) is 13.0 Å². The summed E-state index contributed by atoms with van der Waals surface area (Å²) in [6.07, 6.45) is 0.877. The van der Waals surface area contributed by atoms with Crippen LogP contribution in [0.4, 0.5) is 0 Å². The highest BCUT2D eigenvalue weighted by Crippen LogP contribution is 2.35. The number of nitrogens with zero attached hydrogens (tertiary/aromatic N) is 1. The first-order chi connectivity index (χ1) is 11.6. The molecule has 3 aromatic carbocycles. The van der Waals surface area contributed by atoms with E-state index >= 15 is 0 Å². The van der Waals surface area contributed by atoms with Gasteiger partial charge in [0.05, 0.1) is 0 Å². The Morgan fingerprint density at radius 2 is 1.62 bits per heavy atom. The smallest absolute Gasteiger partial charge is 0.254 e. The van der Waals surface area contributed by atoms with Crippen molar-refractivity contribution < 1.29 is 4.79 Å². The molecular formula is C22H21NO. The van der Waals surface area contributed by atoms with Gasteiger partial charge in [-0.05, 0) is 54.3 Å². The summed E-state index contributed by atoms with van der Waals surface area (Å²) >= 11 is 0. The maximum atomic E-state index is 13.0. The Morgan fingerprint density at radius 3 is 2.42 bits per heavy atom. The molecule has 120 valence electrons. The second kappa shape index (κ2) is 5.48. The maximum absolute atomic E-state index is 13.0. The molecule has 0 bridgehead atoms. The van der Waals surface area contributed by atoms with Crippen LogP contribution in [0.25, 0.3) is 10.8 Å². The Kier molecular flexibility index (Phi) is 3.42. The predicted molar refractivity (Wildman–Crippen MR) is 98.0 cm³/mol. The van der Waals surface area contributed by atoms with Crippen molar-refractivity contribution in [1.29, 1.82) is 0 Å². The van der Waals surface area contributed by atoms with Crippen molar-refractivity contribution >= 4 is 16.7 Å². The van der Waals surface area contributed by atoms with Gasteiger partial charge in [-0.1, -0.05) is 54.6 Å². The van der Waals surface area contributed by atoms with E-state index in [-0.39, 0.29) is 11.4 Å². The summed E-state index contributed by atoms with van der Waals surface area (Å²) in [6.45, 7) is 5.00. The van der Waals surface area contributed by atoms with Crippen molar-refractivity contribution in [3.8, 4) is 0 Å². The molecule has 0 spiro atoms. The molecule has 2 nitrogen and oxygen atoms in total. The number of carbonyl (C=O) groups excluding carboxylic acids is 1. The van der Waals surface area contributed by atoms with E-state index in [4.69, 9.17) is 0 Å². The Hall–Kier alpha value is -2.61. The van der Waals surface area contributed by atoms with Gasteiger partial charge < -0.3 is 4.90 Å². The van der Waals surface area contributed by atoms with Crippen LogP contribution in [0.2, 0.25) is 0 Å². The highest BCUT2D eigenvalue weighted by atomic mass is 16.2. The first-order valence-corrected chi connectivity index (χ1v) is 8.43. The molecule has 0 aromatic heterocycles. The molecule has 0 aliphatic carbocycles. The van der Waals surface area contributed by atoms with E-state index in [1.54, 1.807) is 0 Å². The average molecular weight is 315 g/mol. The van der Waals surface area contributed by atoms with Crippen LogP contribution in [0.5, 0.6) is 0 Å². The van der Waals surface area contributed by atoms with Crippen LogP contribution in [0.15, 0.2) is 66.7 Å². The lowest BCUT2D eigenvalue weighted by molar-refractivity contribution is 0.0490. The van der Waals surface area contributed by atoms with Gasteiger partial charge in [-0.2, -0.15) is 0 Å². The zero-order chi connectivity index (χ0) is 16.7. The Bertz CT molecular complexity index is 912. The standard InChI is InChI=1S/C22H21NO/c1-22(2)14-20-18(13-12-16-8-6-7-11-19(16)20)15-23(22)21(24)17-9-4-3-5-10-17/h3-13H,14-15H2,1-2H3. The quantitative estimate of drug-likeness (QED) is 0.630. The van der Waals surface area contributed by atoms with Crippen molar-refractivity contribution in [3.63, 3.8) is 0 Å². The lowest BCUT2D eigenvalue weighted by Crippen LogP contribution is -2.51. The minimum absolute atomic E-state index is 0.111. The van der Waals surface area contributed by atoms with Gasteiger partial charge in [0.2, 0.25) is 0 Å². The molecule has 0 atom stereocenters. The Morgan fingerprint density at radius 1 is 0.917 bits per heavy atom. The van der Waals surface area contributed by atoms with Gasteiger partial charge in [0.25, 0.3) is 5.91 Å². The summed E-state index contributed by atoms with van der Waals surface area (Å²) in [7, 11) is 0. The number of benzene rings is 3. The van der Waals surface area contributed by atoms with Gasteiger partial charge in [-0.3, -0.25) is 4.79 Å². The summed E-state index contributed by atoms with van der Waals surface area (Å²) in [5.41, 5.74) is 3.20. The number of rotatable bonds is 1. The SMILES string of the molecule is CC1(C)Cc2c(ccc3ccccc23)CN1C(=O)c1ccccc1. The lowest BCUT2D eigenvalue weighted by Gasteiger charge is -2.44. The van der Waals surface area contributed by atoms with E-state index < -0.39 is 0 Å². The third-order valence-electron chi connectivity index (χ3n) is 5.07. The molecule has 0 N–H and O–H groups in total. The number of carbonyl (C=O) groups is 1. The van der Waals surface area contributed by atoms with E-state index in [0.717, 1.165) is 12.0 Å². The van der Waals surface area contributed by atoms with Gasteiger partial charge in [0, 0.05) is 17.6 Å². The van der Waals surface area contributed by atoms with E-state index in [2.05, 4.69) is 50.2 Å². The third-order valence-corrected chi connectivity index (χ3v) is 5.07. The van der Waals surface area contributed by atoms with Gasteiger partial charge in [0.15, 0.2) is 0 Å². The molecule has 1 aliphatic rings. The molecule has 0 unspecified atom stereocenters. The van der Waals surface area contributed by atoms with Crippen molar-refractivity contribution in [2.45, 2.75) is 32.4 Å². The van der Waals surface area contributed by atoms with Gasteiger partial charge in [-0.25, -0.2) is 0 Å². The van der Waals surface area contributed by atoms with Crippen molar-refractivity contribution in [2.24, 2.45) is 0 Å². The highest BCUT2D eigenvalue weighted by Gasteiger charge is 2.36. The molecule has 0 saturated heterocycles. The summed E-state index contributed by atoms with van der Waals surface area (Å²) in [6, 6.07) is 22.4. The summed E-state index contributed by atoms with van der Waals surface area (Å²) in [5, 5.41) is 2.59. The molecule has 1 amide bonds. The average Bonchev–Trinajstić information content (AvgIpc) is 2.61. The van der Waals surface area contributed by atoms with Gasteiger partial charge >= 0.3 is 0 Å². The zero-order valence-corrected chi connectivity index (χ0v) is 14.1.